The van der Waals surface area contributed by atoms with Crippen molar-refractivity contribution >= 4 is 34.8 Å². The van der Waals surface area contributed by atoms with Gasteiger partial charge in [0.05, 0.1) is 28.6 Å². The molecule has 1 amide bonds. The van der Waals surface area contributed by atoms with Crippen LogP contribution in [0.25, 0.3) is 33.5 Å². The summed E-state index contributed by atoms with van der Waals surface area (Å²) >= 11 is 5.89. The lowest BCUT2D eigenvalue weighted by molar-refractivity contribution is 0.0955. The fourth-order valence-corrected chi connectivity index (χ4v) is 3.69. The van der Waals surface area contributed by atoms with Crippen LogP contribution in [0.3, 0.4) is 0 Å². The lowest BCUT2D eigenvalue weighted by atomic mass is 10.0. The maximum Gasteiger partial charge on any atom is 0.271 e. The molecule has 6 heteroatoms. The lowest BCUT2D eigenvalue weighted by Crippen LogP contribution is -2.17. The Labute approximate surface area is 201 Å². The molecule has 0 fully saturated rings. The van der Waals surface area contributed by atoms with Crippen molar-refractivity contribution in [1.82, 2.24) is 15.4 Å². The van der Waals surface area contributed by atoms with E-state index in [4.69, 9.17) is 21.6 Å². The van der Waals surface area contributed by atoms with Gasteiger partial charge in [-0.05, 0) is 35.9 Å². The third-order valence-electron chi connectivity index (χ3n) is 5.27. The van der Waals surface area contributed by atoms with Crippen molar-refractivity contribution in [2.75, 3.05) is 0 Å². The molecule has 0 unspecified atom stereocenters. The number of hydrogen-bond acceptors (Lipinski definition) is 4. The van der Waals surface area contributed by atoms with Gasteiger partial charge in [-0.15, -0.1) is 0 Å². The van der Waals surface area contributed by atoms with Crippen molar-refractivity contribution in [2.24, 2.45) is 5.10 Å². The molecular weight excluding hydrogens is 444 g/mol. The van der Waals surface area contributed by atoms with Crippen LogP contribution in [0.2, 0.25) is 5.02 Å². The first-order valence-electron chi connectivity index (χ1n) is 10.7. The normalized spacial score (nSPS) is 11.1. The summed E-state index contributed by atoms with van der Waals surface area (Å²) in [5.41, 5.74) is 8.67. The van der Waals surface area contributed by atoms with Gasteiger partial charge in [-0.25, -0.2) is 15.4 Å². The van der Waals surface area contributed by atoms with E-state index in [1.807, 2.05) is 72.8 Å². The fraction of sp³-hybridized carbons (Fsp3) is 0. The molecular formula is C28H19ClN4O. The van der Waals surface area contributed by atoms with Crippen LogP contribution in [0.5, 0.6) is 0 Å². The van der Waals surface area contributed by atoms with Gasteiger partial charge >= 0.3 is 0 Å². The largest absolute Gasteiger partial charge is 0.271 e. The topological polar surface area (TPSA) is 67.2 Å². The van der Waals surface area contributed by atoms with E-state index in [1.165, 1.54) is 0 Å². The number of fused-ring (bicyclic) bond motifs is 1. The van der Waals surface area contributed by atoms with Crippen LogP contribution in [0.1, 0.15) is 15.9 Å². The molecule has 4 aromatic carbocycles. The number of carbonyl (C=O) groups is 1. The highest BCUT2D eigenvalue weighted by atomic mass is 35.5. The predicted molar refractivity (Wildman–Crippen MR) is 137 cm³/mol. The first kappa shape index (κ1) is 21.5. The Bertz CT molecular complexity index is 1480. The third-order valence-corrected chi connectivity index (χ3v) is 5.52. The SMILES string of the molecule is O=C(NN=Cc1ccc(Cl)cc1)c1ccc2nc(-c3ccccc3)c(-c3ccccc3)nc2c1. The van der Waals surface area contributed by atoms with Crippen LogP contribution in [0.15, 0.2) is 108 Å². The highest BCUT2D eigenvalue weighted by Gasteiger charge is 2.14. The molecule has 1 N–H and O–H groups in total. The molecule has 0 saturated heterocycles. The number of hydrogen-bond donors (Lipinski definition) is 1. The smallest absolute Gasteiger partial charge is 0.267 e. The molecule has 5 rings (SSSR count). The number of rotatable bonds is 5. The number of nitrogens with zero attached hydrogens (tertiary/aromatic N) is 3. The molecule has 0 radical (unpaired) electrons. The zero-order chi connectivity index (χ0) is 23.3. The minimum atomic E-state index is -0.331. The average molecular weight is 463 g/mol. The molecule has 0 aliphatic rings. The van der Waals surface area contributed by atoms with Crippen molar-refractivity contribution < 1.29 is 4.79 Å². The molecule has 1 aromatic heterocycles. The number of nitrogens with one attached hydrogen (secondary N) is 1. The number of carbonyl (C=O) groups excluding carboxylic acids is 1. The standard InChI is InChI=1S/C28H19ClN4O/c29-23-14-11-19(12-15-23)18-30-33-28(34)22-13-16-24-25(17-22)32-27(21-9-5-2-6-10-21)26(31-24)20-7-3-1-4-8-20/h1-18H,(H,33,34). The Morgan fingerprint density at radius 3 is 1.94 bits per heavy atom. The van der Waals surface area contributed by atoms with Gasteiger partial charge < -0.3 is 0 Å². The summed E-state index contributed by atoms with van der Waals surface area (Å²) in [5.74, 6) is -0.331. The number of amides is 1. The first-order chi connectivity index (χ1) is 16.7. The summed E-state index contributed by atoms with van der Waals surface area (Å²) in [6.45, 7) is 0. The Kier molecular flexibility index (Phi) is 6.10. The maximum atomic E-state index is 12.7. The Hall–Kier alpha value is -4.35. The van der Waals surface area contributed by atoms with Gasteiger partial charge in [-0.1, -0.05) is 84.4 Å². The molecule has 34 heavy (non-hydrogen) atoms. The van der Waals surface area contributed by atoms with Crippen molar-refractivity contribution in [2.45, 2.75) is 0 Å². The van der Waals surface area contributed by atoms with E-state index in [0.717, 1.165) is 28.1 Å². The summed E-state index contributed by atoms with van der Waals surface area (Å²) in [6.07, 6.45) is 1.56. The lowest BCUT2D eigenvalue weighted by Gasteiger charge is -2.11. The average Bonchev–Trinajstić information content (AvgIpc) is 2.89. The van der Waals surface area contributed by atoms with Crippen molar-refractivity contribution in [3.63, 3.8) is 0 Å². The van der Waals surface area contributed by atoms with Gasteiger partial charge in [0.1, 0.15) is 0 Å². The predicted octanol–water partition coefficient (Wildman–Crippen LogP) is 6.38. The van der Waals surface area contributed by atoms with Crippen LogP contribution in [0.4, 0.5) is 0 Å². The summed E-state index contributed by atoms with van der Waals surface area (Å²) in [5, 5.41) is 4.69. The molecule has 0 spiro atoms. The van der Waals surface area contributed by atoms with Gasteiger partial charge in [-0.2, -0.15) is 5.10 Å². The van der Waals surface area contributed by atoms with E-state index in [-0.39, 0.29) is 5.91 Å². The van der Waals surface area contributed by atoms with E-state index in [1.54, 1.807) is 36.5 Å². The van der Waals surface area contributed by atoms with Gasteiger partial charge in [0.15, 0.2) is 0 Å². The molecule has 164 valence electrons. The number of hydrazone groups is 1. The molecule has 5 nitrogen and oxygen atoms in total. The van der Waals surface area contributed by atoms with Gasteiger partial charge in [0.25, 0.3) is 5.91 Å². The van der Waals surface area contributed by atoms with Crippen LogP contribution in [-0.2, 0) is 0 Å². The summed E-state index contributed by atoms with van der Waals surface area (Å²) in [7, 11) is 0. The van der Waals surface area contributed by atoms with Crippen molar-refractivity contribution in [1.29, 1.82) is 0 Å². The van der Waals surface area contributed by atoms with Crippen LogP contribution in [-0.4, -0.2) is 22.1 Å². The minimum absolute atomic E-state index is 0.331. The molecule has 0 aliphatic heterocycles. The van der Waals surface area contributed by atoms with Crippen LogP contribution >= 0.6 is 11.6 Å². The molecule has 5 aromatic rings. The summed E-state index contributed by atoms with van der Waals surface area (Å²) < 4.78 is 0. The van der Waals surface area contributed by atoms with Crippen LogP contribution in [0, 0.1) is 0 Å². The van der Waals surface area contributed by atoms with E-state index < -0.39 is 0 Å². The molecule has 0 saturated carbocycles. The second-order valence-electron chi connectivity index (χ2n) is 7.61. The van der Waals surface area contributed by atoms with Crippen molar-refractivity contribution in [3.05, 3.63) is 119 Å². The first-order valence-corrected chi connectivity index (χ1v) is 11.1. The number of benzene rings is 4. The highest BCUT2D eigenvalue weighted by Crippen LogP contribution is 2.31. The second kappa shape index (κ2) is 9.65. The zero-order valence-electron chi connectivity index (χ0n) is 18.0. The Morgan fingerprint density at radius 2 is 1.32 bits per heavy atom. The third kappa shape index (κ3) is 4.70. The highest BCUT2D eigenvalue weighted by molar-refractivity contribution is 6.30. The molecule has 0 bridgehead atoms. The fourth-order valence-electron chi connectivity index (χ4n) is 3.57. The summed E-state index contributed by atoms with van der Waals surface area (Å²) in [4.78, 5) is 22.5. The second-order valence-corrected chi connectivity index (χ2v) is 8.04. The van der Waals surface area contributed by atoms with Crippen molar-refractivity contribution in [3.8, 4) is 22.5 Å². The Morgan fingerprint density at radius 1 is 0.735 bits per heavy atom. The Balaban J connectivity index is 1.49. The zero-order valence-corrected chi connectivity index (χ0v) is 18.8. The van der Waals surface area contributed by atoms with Gasteiger partial charge in [0.2, 0.25) is 0 Å². The van der Waals surface area contributed by atoms with E-state index >= 15 is 0 Å². The molecule has 0 atom stereocenters. The van der Waals surface area contributed by atoms with Gasteiger partial charge in [-0.3, -0.25) is 4.79 Å². The van der Waals surface area contributed by atoms with E-state index in [2.05, 4.69) is 10.5 Å². The molecule has 0 aliphatic carbocycles. The number of aromatic nitrogens is 2. The molecule has 1 heterocycles. The number of halogens is 1. The minimum Gasteiger partial charge on any atom is -0.267 e. The van der Waals surface area contributed by atoms with Gasteiger partial charge in [0, 0.05) is 21.7 Å². The summed E-state index contributed by atoms with van der Waals surface area (Å²) in [6, 6.07) is 32.3. The van der Waals surface area contributed by atoms with Crippen LogP contribution < -0.4 is 5.43 Å². The van der Waals surface area contributed by atoms with E-state index in [9.17, 15) is 4.79 Å². The monoisotopic (exact) mass is 462 g/mol. The quantitative estimate of drug-likeness (QED) is 0.243. The maximum absolute atomic E-state index is 12.7. The van der Waals surface area contributed by atoms with E-state index in [0.29, 0.717) is 21.6 Å².